The Hall–Kier alpha value is -2.60. The number of carbonyl (C=O) groups is 2. The van der Waals surface area contributed by atoms with Crippen molar-refractivity contribution in [3.05, 3.63) is 40.2 Å². The van der Waals surface area contributed by atoms with E-state index in [1.807, 2.05) is 13.7 Å². The first-order chi connectivity index (χ1) is 15.2. The number of H-pyrrole nitrogens is 1. The number of allylic oxidation sites excluding steroid dienone is 1. The number of hydrogen-bond donors (Lipinski definition) is 3. The van der Waals surface area contributed by atoms with Gasteiger partial charge in [-0.3, -0.25) is 0 Å². The van der Waals surface area contributed by atoms with Gasteiger partial charge in [0.05, 0.1) is 6.04 Å². The Kier molecular flexibility index (Phi) is 8.67. The Morgan fingerprint density at radius 3 is 2.44 bits per heavy atom. The number of aromatic amines is 1. The van der Waals surface area contributed by atoms with Crippen molar-refractivity contribution in [2.75, 3.05) is 18.9 Å². The fraction of sp³-hybridized carbons (Fsp3) is 0.538. The molecule has 0 saturated carbocycles. The van der Waals surface area contributed by atoms with Gasteiger partial charge in [0.2, 0.25) is 0 Å². The van der Waals surface area contributed by atoms with E-state index in [1.54, 1.807) is 5.57 Å². The lowest BCUT2D eigenvalue weighted by Crippen LogP contribution is -2.30. The highest BCUT2D eigenvalue weighted by atomic mass is 16.1. The number of carbonyl (C=O) groups excluding carboxylic acids is 2. The summed E-state index contributed by atoms with van der Waals surface area (Å²) in [7, 11) is 2.16. The third kappa shape index (κ3) is 5.07. The van der Waals surface area contributed by atoms with Crippen LogP contribution in [0.5, 0.6) is 0 Å². The molecule has 0 bridgehead atoms. The van der Waals surface area contributed by atoms with Crippen molar-refractivity contribution < 1.29 is 9.59 Å². The second kappa shape index (κ2) is 10.8. The van der Waals surface area contributed by atoms with E-state index in [0.29, 0.717) is 12.5 Å². The quantitative estimate of drug-likeness (QED) is 0.556. The lowest BCUT2D eigenvalue weighted by atomic mass is 9.85. The van der Waals surface area contributed by atoms with Crippen LogP contribution in [-0.4, -0.2) is 36.7 Å². The molecule has 4 rings (SSSR count). The lowest BCUT2D eigenvalue weighted by Gasteiger charge is -2.23. The molecule has 0 fully saturated rings. The minimum Gasteiger partial charge on any atom is -0.385 e. The molecular weight excluding hydrogens is 400 g/mol. The van der Waals surface area contributed by atoms with Crippen LogP contribution in [0, 0.1) is 0 Å². The van der Waals surface area contributed by atoms with Gasteiger partial charge in [-0.1, -0.05) is 27.7 Å². The number of nitrogens with zero attached hydrogens (tertiary/aromatic N) is 1. The van der Waals surface area contributed by atoms with E-state index >= 15 is 0 Å². The number of fused-ring (bicyclic) bond motifs is 5. The van der Waals surface area contributed by atoms with E-state index in [1.165, 1.54) is 51.9 Å². The van der Waals surface area contributed by atoms with Gasteiger partial charge >= 0.3 is 0 Å². The van der Waals surface area contributed by atoms with E-state index in [4.69, 9.17) is 4.79 Å². The fourth-order valence-electron chi connectivity index (χ4n) is 4.77. The van der Waals surface area contributed by atoms with Crippen LogP contribution in [0.15, 0.2) is 23.4 Å². The number of aryl methyl sites for hydroxylation is 1. The minimum absolute atomic E-state index is 0.113. The number of rotatable bonds is 3. The van der Waals surface area contributed by atoms with Crippen LogP contribution in [-0.2, 0) is 21.4 Å². The molecule has 1 aliphatic carbocycles. The molecule has 1 aliphatic heterocycles. The van der Waals surface area contributed by atoms with Crippen LogP contribution in [0.25, 0.3) is 10.9 Å². The van der Waals surface area contributed by atoms with Crippen molar-refractivity contribution in [2.24, 2.45) is 0 Å². The summed E-state index contributed by atoms with van der Waals surface area (Å²) in [5.74, 6) is 0. The maximum absolute atomic E-state index is 9.17. The summed E-state index contributed by atoms with van der Waals surface area (Å²) in [5, 5.41) is 7.26. The molecule has 0 saturated heterocycles. The predicted molar refractivity (Wildman–Crippen MR) is 134 cm³/mol. The molecule has 1 atom stereocenters. The molecule has 1 aromatic heterocycles. The fourth-order valence-corrected chi connectivity index (χ4v) is 4.77. The Balaban J connectivity index is 0.000000547. The van der Waals surface area contributed by atoms with E-state index in [-0.39, 0.29) is 5.41 Å². The zero-order valence-electron chi connectivity index (χ0n) is 20.8. The molecule has 1 aromatic carbocycles. The number of benzene rings is 1. The maximum Gasteiger partial charge on any atom is 0.119 e. The second-order valence-corrected chi connectivity index (χ2v) is 9.44. The first-order valence-electron chi connectivity index (χ1n) is 11.6. The number of anilines is 1. The minimum atomic E-state index is 0.113. The predicted octanol–water partition coefficient (Wildman–Crippen LogP) is 5.41. The van der Waals surface area contributed by atoms with Gasteiger partial charge in [0, 0.05) is 48.0 Å². The summed E-state index contributed by atoms with van der Waals surface area (Å²) >= 11 is 0. The molecule has 176 valence electrons. The summed E-state index contributed by atoms with van der Waals surface area (Å²) in [6.45, 7) is 16.0. The number of aromatic nitrogens is 1. The maximum atomic E-state index is 9.17. The van der Waals surface area contributed by atoms with Gasteiger partial charge < -0.3 is 25.3 Å². The first kappa shape index (κ1) is 25.7. The van der Waals surface area contributed by atoms with Crippen LogP contribution in [0.1, 0.15) is 83.7 Å². The summed E-state index contributed by atoms with van der Waals surface area (Å²) in [6, 6.07) is 5.10. The third-order valence-electron chi connectivity index (χ3n) is 6.11. The highest BCUT2D eigenvalue weighted by Crippen LogP contribution is 2.44. The highest BCUT2D eigenvalue weighted by molar-refractivity contribution is 5.90. The van der Waals surface area contributed by atoms with Gasteiger partial charge in [-0.15, -0.1) is 0 Å². The number of hydrogen-bond acceptors (Lipinski definition) is 5. The standard InChI is InChI=1S/C22H32N4.C3H6O.CH2O/c1-7-23-19-11-16-15-10-8-9-14-13(2)25-26(6)21(14)20(15)24-18(16)12-17(19)22(3,4)5;1-2-3-4;1-2/h11-12,21,23-25H,7-10H2,1-6H3;3H,2H2,1H3;1H2. The molecular formula is C26H40N4O2. The van der Waals surface area contributed by atoms with Crippen molar-refractivity contribution >= 4 is 29.7 Å². The number of likely N-dealkylation sites (N-methyl/N-ethyl adjacent to an activating group) is 1. The number of aldehydes is 1. The molecule has 6 nitrogen and oxygen atoms in total. The summed E-state index contributed by atoms with van der Waals surface area (Å²) < 4.78 is 0. The molecule has 0 amide bonds. The van der Waals surface area contributed by atoms with Gasteiger partial charge in [-0.2, -0.15) is 0 Å². The van der Waals surface area contributed by atoms with E-state index in [2.05, 4.69) is 74.5 Å². The number of hydrazine groups is 1. The summed E-state index contributed by atoms with van der Waals surface area (Å²) in [4.78, 5) is 21.0. The van der Waals surface area contributed by atoms with Gasteiger partial charge in [-0.25, -0.2) is 5.01 Å². The van der Waals surface area contributed by atoms with Crippen LogP contribution in [0.3, 0.4) is 0 Å². The third-order valence-corrected chi connectivity index (χ3v) is 6.11. The molecule has 2 aliphatic rings. The number of nitrogens with one attached hydrogen (secondary N) is 3. The SMILES string of the molecule is C=O.CCC=O.CCNc1cc2c3c([nH]c2cc1C(C)(C)C)C1C(=C(C)NN1C)CCC3. The monoisotopic (exact) mass is 440 g/mol. The Labute approximate surface area is 192 Å². The molecule has 0 radical (unpaired) electrons. The normalized spacial score (nSPS) is 17.8. The van der Waals surface area contributed by atoms with E-state index < -0.39 is 0 Å². The molecule has 1 unspecified atom stereocenters. The zero-order valence-corrected chi connectivity index (χ0v) is 20.8. The van der Waals surface area contributed by atoms with Crippen molar-refractivity contribution in [1.82, 2.24) is 15.4 Å². The topological polar surface area (TPSA) is 77.2 Å². The average molecular weight is 441 g/mol. The molecule has 0 spiro atoms. The van der Waals surface area contributed by atoms with E-state index in [9.17, 15) is 4.79 Å². The van der Waals surface area contributed by atoms with E-state index in [0.717, 1.165) is 19.3 Å². The second-order valence-electron chi connectivity index (χ2n) is 9.44. The largest absolute Gasteiger partial charge is 0.385 e. The van der Waals surface area contributed by atoms with Crippen LogP contribution < -0.4 is 10.7 Å². The smallest absolute Gasteiger partial charge is 0.119 e. The first-order valence-corrected chi connectivity index (χ1v) is 11.6. The van der Waals surface area contributed by atoms with Crippen LogP contribution in [0.4, 0.5) is 5.69 Å². The molecule has 3 N–H and O–H groups in total. The van der Waals surface area contributed by atoms with Crippen LogP contribution in [0.2, 0.25) is 0 Å². The molecule has 2 aromatic rings. The van der Waals surface area contributed by atoms with Gasteiger partial charge in [-0.05, 0) is 67.4 Å². The van der Waals surface area contributed by atoms with Gasteiger partial charge in [0.1, 0.15) is 13.1 Å². The molecule has 6 heteroatoms. The van der Waals surface area contributed by atoms with Crippen molar-refractivity contribution in [3.63, 3.8) is 0 Å². The van der Waals surface area contributed by atoms with Crippen molar-refractivity contribution in [1.29, 1.82) is 0 Å². The Morgan fingerprint density at radius 1 is 1.22 bits per heavy atom. The summed E-state index contributed by atoms with van der Waals surface area (Å²) in [5.41, 5.74) is 13.3. The molecule has 32 heavy (non-hydrogen) atoms. The van der Waals surface area contributed by atoms with Gasteiger partial charge in [0.25, 0.3) is 0 Å². The zero-order chi connectivity index (χ0) is 24.1. The van der Waals surface area contributed by atoms with Gasteiger partial charge in [0.15, 0.2) is 0 Å². The van der Waals surface area contributed by atoms with Crippen molar-refractivity contribution in [2.45, 2.75) is 78.7 Å². The Bertz CT molecular complexity index is 968. The van der Waals surface area contributed by atoms with Crippen LogP contribution >= 0.6 is 0 Å². The Morgan fingerprint density at radius 2 is 1.88 bits per heavy atom. The van der Waals surface area contributed by atoms with Crippen molar-refractivity contribution in [3.8, 4) is 0 Å². The summed E-state index contributed by atoms with van der Waals surface area (Å²) in [6.07, 6.45) is 5.06. The lowest BCUT2D eigenvalue weighted by molar-refractivity contribution is -0.107. The highest BCUT2D eigenvalue weighted by Gasteiger charge is 2.35. The average Bonchev–Trinajstić information content (AvgIpc) is 3.16. The molecule has 2 heterocycles.